The molecule has 0 unspecified atom stereocenters. The van der Waals surface area contributed by atoms with E-state index in [0.717, 1.165) is 38.5 Å². The number of hydrogen-bond donors (Lipinski definition) is 18. The van der Waals surface area contributed by atoms with Gasteiger partial charge in [-0.15, -0.1) is 0 Å². The van der Waals surface area contributed by atoms with Crippen LogP contribution < -0.4 is 87.2 Å². The summed E-state index contributed by atoms with van der Waals surface area (Å²) < 4.78 is 0. The normalized spacial score (nSPS) is 22.4. The van der Waals surface area contributed by atoms with E-state index in [1.165, 1.54) is 13.8 Å². The lowest BCUT2D eigenvalue weighted by Gasteiger charge is -2.29. The number of carbonyl (C=O) groups excluding carboxylic acids is 11. The monoisotopic (exact) mass is 1220 g/mol. The summed E-state index contributed by atoms with van der Waals surface area (Å²) >= 11 is 0. The summed E-state index contributed by atoms with van der Waals surface area (Å²) in [5.74, 6) is -9.92. The minimum atomic E-state index is -1.70. The van der Waals surface area contributed by atoms with Crippen LogP contribution in [0.1, 0.15) is 136 Å². The maximum absolute atomic E-state index is 14.5. The van der Waals surface area contributed by atoms with E-state index in [-0.39, 0.29) is 90.0 Å². The average molecular weight is 1220 g/mol. The first-order chi connectivity index (χ1) is 40.9. The van der Waals surface area contributed by atoms with Gasteiger partial charge in [0.25, 0.3) is 0 Å². The van der Waals surface area contributed by atoms with Gasteiger partial charge in [-0.05, 0) is 109 Å². The number of carbonyl (C=O) groups is 11. The Morgan fingerprint density at radius 1 is 0.547 bits per heavy atom. The molecule has 0 spiro atoms. The minimum Gasteiger partial charge on any atom is -0.391 e. The largest absolute Gasteiger partial charge is 0.391 e. The first-order valence-electron chi connectivity index (χ1n) is 30.2. The van der Waals surface area contributed by atoms with Gasteiger partial charge >= 0.3 is 0 Å². The van der Waals surface area contributed by atoms with E-state index in [2.05, 4.69) is 65.4 Å². The van der Waals surface area contributed by atoms with Crippen LogP contribution >= 0.6 is 0 Å². The third-order valence-electron chi connectivity index (χ3n) is 14.2. The van der Waals surface area contributed by atoms with Crippen LogP contribution in [0.25, 0.3) is 0 Å². The number of unbranched alkanes of at least 4 members (excludes halogenated alkanes) is 6. The lowest BCUT2D eigenvalue weighted by Crippen LogP contribution is -2.62. The molecule has 1 heterocycles. The summed E-state index contributed by atoms with van der Waals surface area (Å²) in [5, 5.41) is 49.7. The van der Waals surface area contributed by atoms with Crippen molar-refractivity contribution >= 4 is 65.0 Å². The Labute approximate surface area is 504 Å². The number of aliphatic hydroxyl groups excluding tert-OH is 2. The second kappa shape index (κ2) is 41.2. The number of nitrogens with two attached hydrogens (primary N) is 5. The van der Waals surface area contributed by atoms with Crippen molar-refractivity contribution in [2.24, 2.45) is 34.6 Å². The topological polar surface area (TPSA) is 491 Å². The third kappa shape index (κ3) is 27.6. The molecule has 1 saturated heterocycles. The lowest BCUT2D eigenvalue weighted by molar-refractivity contribution is -0.137. The molecule has 12 atom stereocenters. The van der Waals surface area contributed by atoms with Gasteiger partial charge < -0.3 is 97.4 Å². The van der Waals surface area contributed by atoms with Crippen LogP contribution in [-0.2, 0) is 59.2 Å². The Balaban J connectivity index is 2.65. The third-order valence-corrected chi connectivity index (χ3v) is 14.2. The zero-order valence-corrected chi connectivity index (χ0v) is 50.7. The first-order valence-corrected chi connectivity index (χ1v) is 30.2. The molecule has 86 heavy (non-hydrogen) atoms. The fourth-order valence-corrected chi connectivity index (χ4v) is 9.38. The van der Waals surface area contributed by atoms with E-state index < -0.39 is 151 Å². The van der Waals surface area contributed by atoms with Crippen LogP contribution in [0.15, 0.2) is 30.3 Å². The molecule has 2 rings (SSSR count). The molecule has 0 saturated carbocycles. The molecule has 0 aliphatic carbocycles. The number of rotatable bonds is 31. The number of amides is 11. The second-order valence-electron chi connectivity index (χ2n) is 22.2. The smallest absolute Gasteiger partial charge is 0.245 e. The van der Waals surface area contributed by atoms with Gasteiger partial charge in [-0.1, -0.05) is 89.6 Å². The SMILES string of the molecule is CCCCCCCCCC(=O)N[C@@H](CCN)C(=O)N[C@H](C(=O)N[C@@H](CCN)C(=O)N[C@H]1CCNC(=O)[C@H]([C@@H](C)O)NC(=O)[C@H](CCN)NC(=O)[C@H](CCN)NC(=O)[C@H](CC(C)C)NC(=O)[C@@H](Cc2ccccc2)NC(=O)[C@H](CCN)NC1=O)[C@@H](C)O. The quantitative estimate of drug-likeness (QED) is 0.0311. The van der Waals surface area contributed by atoms with Crippen LogP contribution in [0.3, 0.4) is 0 Å². The summed E-state index contributed by atoms with van der Waals surface area (Å²) in [4.78, 5) is 154. The second-order valence-corrected chi connectivity index (χ2v) is 22.2. The number of aliphatic hydroxyl groups is 2. The van der Waals surface area contributed by atoms with Gasteiger partial charge in [0, 0.05) is 19.4 Å². The minimum absolute atomic E-state index is 0.0132. The molecule has 29 nitrogen and oxygen atoms in total. The zero-order chi connectivity index (χ0) is 64.3. The summed E-state index contributed by atoms with van der Waals surface area (Å²) in [6, 6.07) is -6.22. The van der Waals surface area contributed by atoms with E-state index in [1.54, 1.807) is 44.2 Å². The molecule has 0 bridgehead atoms. The predicted octanol–water partition coefficient (Wildman–Crippen LogP) is -4.71. The van der Waals surface area contributed by atoms with E-state index in [1.807, 2.05) is 0 Å². The van der Waals surface area contributed by atoms with Crippen molar-refractivity contribution < 1.29 is 63.0 Å². The van der Waals surface area contributed by atoms with Crippen molar-refractivity contribution in [1.29, 1.82) is 0 Å². The van der Waals surface area contributed by atoms with Gasteiger partial charge in [0.1, 0.15) is 60.4 Å². The molecule has 0 aromatic heterocycles. The van der Waals surface area contributed by atoms with Gasteiger partial charge in [0.15, 0.2) is 0 Å². The maximum atomic E-state index is 14.5. The van der Waals surface area contributed by atoms with Crippen molar-refractivity contribution in [1.82, 2.24) is 58.5 Å². The number of benzene rings is 1. The van der Waals surface area contributed by atoms with E-state index in [4.69, 9.17) is 28.7 Å². The van der Waals surface area contributed by atoms with Gasteiger partial charge in [0.05, 0.1) is 12.2 Å². The van der Waals surface area contributed by atoms with Crippen molar-refractivity contribution in [3.05, 3.63) is 35.9 Å². The van der Waals surface area contributed by atoms with E-state index in [9.17, 15) is 63.0 Å². The van der Waals surface area contributed by atoms with Gasteiger partial charge in [-0.25, -0.2) is 0 Å². The molecule has 1 aromatic rings. The zero-order valence-electron chi connectivity index (χ0n) is 50.7. The maximum Gasteiger partial charge on any atom is 0.245 e. The Morgan fingerprint density at radius 3 is 1.53 bits per heavy atom. The molecule has 11 amide bonds. The molecule has 1 aromatic carbocycles. The molecule has 1 fully saturated rings. The van der Waals surface area contributed by atoms with E-state index >= 15 is 0 Å². The first kappa shape index (κ1) is 75.2. The summed E-state index contributed by atoms with van der Waals surface area (Å²) in [6.45, 7) is 6.94. The highest BCUT2D eigenvalue weighted by molar-refractivity contribution is 5.99. The van der Waals surface area contributed by atoms with Crippen LogP contribution in [0.4, 0.5) is 0 Å². The number of hydrogen-bond acceptors (Lipinski definition) is 18. The lowest BCUT2D eigenvalue weighted by atomic mass is 10.00. The van der Waals surface area contributed by atoms with Gasteiger partial charge in [0.2, 0.25) is 65.0 Å². The van der Waals surface area contributed by atoms with Crippen LogP contribution in [0.5, 0.6) is 0 Å². The summed E-state index contributed by atoms with van der Waals surface area (Å²) in [6.07, 6.45) is 2.44. The van der Waals surface area contributed by atoms with Crippen molar-refractivity contribution in [2.45, 2.75) is 210 Å². The molecule has 1 aliphatic heterocycles. The van der Waals surface area contributed by atoms with Gasteiger partial charge in [-0.2, -0.15) is 0 Å². The summed E-state index contributed by atoms with van der Waals surface area (Å²) in [7, 11) is 0. The molecule has 1 aliphatic rings. The van der Waals surface area contributed by atoms with Crippen molar-refractivity contribution in [3.8, 4) is 0 Å². The number of nitrogens with one attached hydrogen (secondary N) is 11. The highest BCUT2D eigenvalue weighted by Gasteiger charge is 2.37. The van der Waals surface area contributed by atoms with Gasteiger partial charge in [-0.3, -0.25) is 52.7 Å². The van der Waals surface area contributed by atoms with Crippen molar-refractivity contribution in [3.63, 3.8) is 0 Å². The van der Waals surface area contributed by atoms with Crippen LogP contribution in [0.2, 0.25) is 0 Å². The molecule has 29 heteroatoms. The average Bonchev–Trinajstić information content (AvgIpc) is 2.96. The fourth-order valence-electron chi connectivity index (χ4n) is 9.38. The molecule has 486 valence electrons. The highest BCUT2D eigenvalue weighted by Crippen LogP contribution is 2.13. The molecule has 23 N–H and O–H groups in total. The highest BCUT2D eigenvalue weighted by atomic mass is 16.3. The molecular weight excluding hydrogens is 1120 g/mol. The molecular formula is C57H100N16O13. The Hall–Kier alpha value is -6.89. The fraction of sp³-hybridized carbons (Fsp3) is 0.702. The molecule has 0 radical (unpaired) electrons. The predicted molar refractivity (Wildman–Crippen MR) is 321 cm³/mol. The van der Waals surface area contributed by atoms with Crippen LogP contribution in [0, 0.1) is 5.92 Å². The van der Waals surface area contributed by atoms with Crippen molar-refractivity contribution in [2.75, 3.05) is 39.3 Å². The Morgan fingerprint density at radius 2 is 1.02 bits per heavy atom. The Kier molecular flexibility index (Phi) is 36.1. The summed E-state index contributed by atoms with van der Waals surface area (Å²) in [5.41, 5.74) is 30.0. The Bertz CT molecular complexity index is 2320. The van der Waals surface area contributed by atoms with E-state index in [0.29, 0.717) is 12.0 Å². The standard InChI is InChI=1S/C57H100N16O13/c1-6-7-8-9-10-11-15-18-45(76)64-37(19-25-58)52(81)73-47(35(5)75)57(86)69-40(22-28-61)49(78)68-42-24-30-63-56(85)46(34(4)74)72-53(82)41(23-29-62)66-48(77)38(20-26-59)67-54(83)43(31-33(2)3)70-55(84)44(32-36-16-13-12-14-17-36)71-50(79)39(21-27-60)65-51(42)80/h12-14,16-17,33-35,37-44,46-47,74-75H,6-11,15,18-32,58-62H2,1-5H3,(H,63,85)(H,64,76)(H,65,80)(H,66,77)(H,67,83)(H,68,78)(H,69,86)(H,70,84)(H,71,79)(H,72,82)(H,73,81)/t34-,35-,37+,38+,39+,40+,41+,42+,43+,44-,46+,47+/m1/s1. The van der Waals surface area contributed by atoms with Crippen LogP contribution in [-0.4, -0.2) is 187 Å².